The first kappa shape index (κ1) is 19.2. The molecular weight excluding hydrogens is 350 g/mol. The lowest BCUT2D eigenvalue weighted by molar-refractivity contribution is 0.0951. The summed E-state index contributed by atoms with van der Waals surface area (Å²) in [6.07, 6.45) is 0. The van der Waals surface area contributed by atoms with Crippen LogP contribution in [0, 0.1) is 6.92 Å². The molecule has 3 aromatic rings. The molecule has 0 saturated heterocycles. The summed E-state index contributed by atoms with van der Waals surface area (Å²) < 4.78 is 0. The Kier molecular flexibility index (Phi) is 6.72. The van der Waals surface area contributed by atoms with Crippen molar-refractivity contribution in [3.8, 4) is 0 Å². The summed E-state index contributed by atoms with van der Waals surface area (Å²) in [6, 6.07) is 26.7. The van der Waals surface area contributed by atoms with Crippen molar-refractivity contribution < 1.29 is 4.79 Å². The van der Waals surface area contributed by atoms with Gasteiger partial charge in [-0.1, -0.05) is 67.1 Å². The van der Waals surface area contributed by atoms with Crippen LogP contribution in [0.25, 0.3) is 0 Å². The zero-order valence-corrected chi connectivity index (χ0v) is 16.6. The Balaban J connectivity index is 1.50. The third-order valence-electron chi connectivity index (χ3n) is 4.58. The Bertz CT molecular complexity index is 857. The van der Waals surface area contributed by atoms with Gasteiger partial charge >= 0.3 is 0 Å². The topological polar surface area (TPSA) is 29.1 Å². The van der Waals surface area contributed by atoms with Gasteiger partial charge in [-0.25, -0.2) is 0 Å². The minimum absolute atomic E-state index is 0.0180. The van der Waals surface area contributed by atoms with Gasteiger partial charge in [-0.15, -0.1) is 11.8 Å². The van der Waals surface area contributed by atoms with E-state index in [0.29, 0.717) is 18.0 Å². The molecule has 3 aromatic carbocycles. The van der Waals surface area contributed by atoms with Crippen molar-refractivity contribution in [2.45, 2.75) is 30.4 Å². The molecule has 0 aliphatic rings. The average Bonchev–Trinajstić information content (AvgIpc) is 2.72. The smallest absolute Gasteiger partial charge is 0.251 e. The van der Waals surface area contributed by atoms with Crippen LogP contribution in [0.15, 0.2) is 83.8 Å². The van der Waals surface area contributed by atoms with Gasteiger partial charge < -0.3 is 5.32 Å². The molecular formula is C24H25NOS. The van der Waals surface area contributed by atoms with Crippen LogP contribution in [0.4, 0.5) is 0 Å². The van der Waals surface area contributed by atoms with Gasteiger partial charge in [0.05, 0.1) is 0 Å². The van der Waals surface area contributed by atoms with Crippen LogP contribution in [0.3, 0.4) is 0 Å². The molecule has 138 valence electrons. The van der Waals surface area contributed by atoms with Gasteiger partial charge in [0.15, 0.2) is 0 Å². The molecule has 0 saturated carbocycles. The van der Waals surface area contributed by atoms with Crippen molar-refractivity contribution in [1.82, 2.24) is 5.32 Å². The predicted octanol–water partition coefficient (Wildman–Crippen LogP) is 5.82. The largest absolute Gasteiger partial charge is 0.351 e. The molecule has 0 spiro atoms. The lowest BCUT2D eigenvalue weighted by Crippen LogP contribution is -2.27. The lowest BCUT2D eigenvalue weighted by atomic mass is 10.0. The zero-order chi connectivity index (χ0) is 19.1. The first-order valence-corrected chi connectivity index (χ1v) is 10.2. The number of thioether (sulfide) groups is 1. The Morgan fingerprint density at radius 1 is 0.926 bits per heavy atom. The first-order valence-electron chi connectivity index (χ1n) is 9.23. The highest BCUT2D eigenvalue weighted by Gasteiger charge is 2.09. The average molecular weight is 376 g/mol. The van der Waals surface area contributed by atoms with Gasteiger partial charge in [-0.2, -0.15) is 0 Å². The SMILES string of the molecule is Cc1ccc(SCc2ccc(C(=O)NC[C@H](C)c3ccccc3)cc2)cc1. The van der Waals surface area contributed by atoms with Gasteiger partial charge in [0.1, 0.15) is 0 Å². The summed E-state index contributed by atoms with van der Waals surface area (Å²) in [5.41, 5.74) is 4.44. The van der Waals surface area contributed by atoms with Crippen molar-refractivity contribution in [2.24, 2.45) is 0 Å². The van der Waals surface area contributed by atoms with Crippen LogP contribution in [0.1, 0.15) is 39.9 Å². The van der Waals surface area contributed by atoms with E-state index in [4.69, 9.17) is 0 Å². The Morgan fingerprint density at radius 3 is 2.26 bits per heavy atom. The number of aryl methyl sites for hydroxylation is 1. The maximum absolute atomic E-state index is 12.4. The summed E-state index contributed by atoms with van der Waals surface area (Å²) in [6.45, 7) is 4.85. The number of benzene rings is 3. The molecule has 3 rings (SSSR count). The highest BCUT2D eigenvalue weighted by molar-refractivity contribution is 7.98. The van der Waals surface area contributed by atoms with E-state index < -0.39 is 0 Å². The molecule has 0 aliphatic carbocycles. The fraction of sp³-hybridized carbons (Fsp3) is 0.208. The molecule has 0 heterocycles. The molecule has 3 heteroatoms. The number of carbonyl (C=O) groups is 1. The number of nitrogens with one attached hydrogen (secondary N) is 1. The molecule has 0 aromatic heterocycles. The fourth-order valence-corrected chi connectivity index (χ4v) is 3.66. The highest BCUT2D eigenvalue weighted by Crippen LogP contribution is 2.23. The van der Waals surface area contributed by atoms with E-state index >= 15 is 0 Å². The third-order valence-corrected chi connectivity index (χ3v) is 5.66. The van der Waals surface area contributed by atoms with Crippen molar-refractivity contribution in [3.05, 3.63) is 101 Å². The van der Waals surface area contributed by atoms with E-state index in [1.54, 1.807) is 0 Å². The standard InChI is InChI=1S/C24H25NOS/c1-18-8-14-23(15-9-18)27-17-20-10-12-22(13-11-20)24(26)25-16-19(2)21-6-4-3-5-7-21/h3-15,19H,16-17H2,1-2H3,(H,25,26)/t19-/m0/s1. The third kappa shape index (κ3) is 5.73. The lowest BCUT2D eigenvalue weighted by Gasteiger charge is -2.13. The van der Waals surface area contributed by atoms with E-state index in [1.807, 2.05) is 54.2 Å². The van der Waals surface area contributed by atoms with Crippen LogP contribution in [0.2, 0.25) is 0 Å². The number of carbonyl (C=O) groups excluding carboxylic acids is 1. The Morgan fingerprint density at radius 2 is 1.59 bits per heavy atom. The van der Waals surface area contributed by atoms with E-state index in [0.717, 1.165) is 5.75 Å². The normalized spacial score (nSPS) is 11.8. The van der Waals surface area contributed by atoms with Crippen LogP contribution in [-0.2, 0) is 5.75 Å². The van der Waals surface area contributed by atoms with Gasteiger partial charge in [-0.3, -0.25) is 4.79 Å². The highest BCUT2D eigenvalue weighted by atomic mass is 32.2. The van der Waals surface area contributed by atoms with Gasteiger partial charge in [0, 0.05) is 22.8 Å². The molecule has 1 N–H and O–H groups in total. The van der Waals surface area contributed by atoms with E-state index in [1.165, 1.54) is 21.6 Å². The summed E-state index contributed by atoms with van der Waals surface area (Å²) in [5, 5.41) is 3.04. The summed E-state index contributed by atoms with van der Waals surface area (Å²) in [7, 11) is 0. The predicted molar refractivity (Wildman–Crippen MR) is 114 cm³/mol. The molecule has 0 fully saturated rings. The Hall–Kier alpha value is -2.52. The molecule has 1 amide bonds. The second-order valence-corrected chi connectivity index (χ2v) is 7.87. The minimum atomic E-state index is -0.0180. The van der Waals surface area contributed by atoms with Gasteiger partial charge in [0.25, 0.3) is 5.91 Å². The van der Waals surface area contributed by atoms with E-state index in [-0.39, 0.29) is 5.91 Å². The Labute approximate surface area is 166 Å². The zero-order valence-electron chi connectivity index (χ0n) is 15.8. The molecule has 0 aliphatic heterocycles. The molecule has 2 nitrogen and oxygen atoms in total. The quantitative estimate of drug-likeness (QED) is 0.527. The maximum Gasteiger partial charge on any atom is 0.251 e. The fourth-order valence-electron chi connectivity index (χ4n) is 2.80. The van der Waals surface area contributed by atoms with Crippen molar-refractivity contribution in [2.75, 3.05) is 6.54 Å². The van der Waals surface area contributed by atoms with Gasteiger partial charge in [-0.05, 0) is 48.2 Å². The minimum Gasteiger partial charge on any atom is -0.351 e. The summed E-state index contributed by atoms with van der Waals surface area (Å²) >= 11 is 1.81. The maximum atomic E-state index is 12.4. The van der Waals surface area contributed by atoms with Crippen LogP contribution in [0.5, 0.6) is 0 Å². The molecule has 0 bridgehead atoms. The number of hydrogen-bond acceptors (Lipinski definition) is 2. The van der Waals surface area contributed by atoms with E-state index in [2.05, 4.69) is 55.6 Å². The number of rotatable bonds is 7. The molecule has 27 heavy (non-hydrogen) atoms. The monoisotopic (exact) mass is 375 g/mol. The second-order valence-electron chi connectivity index (χ2n) is 6.82. The van der Waals surface area contributed by atoms with Crippen LogP contribution >= 0.6 is 11.8 Å². The molecule has 0 radical (unpaired) electrons. The summed E-state index contributed by atoms with van der Waals surface area (Å²) in [5.74, 6) is 1.17. The van der Waals surface area contributed by atoms with E-state index in [9.17, 15) is 4.79 Å². The van der Waals surface area contributed by atoms with Crippen molar-refractivity contribution >= 4 is 17.7 Å². The van der Waals surface area contributed by atoms with Crippen LogP contribution < -0.4 is 5.32 Å². The van der Waals surface area contributed by atoms with Crippen LogP contribution in [-0.4, -0.2) is 12.5 Å². The number of amides is 1. The van der Waals surface area contributed by atoms with Gasteiger partial charge in [0.2, 0.25) is 0 Å². The summed E-state index contributed by atoms with van der Waals surface area (Å²) in [4.78, 5) is 13.6. The van der Waals surface area contributed by atoms with Crippen molar-refractivity contribution in [1.29, 1.82) is 0 Å². The van der Waals surface area contributed by atoms with Crippen molar-refractivity contribution in [3.63, 3.8) is 0 Å². The molecule has 1 atom stereocenters. The molecule has 0 unspecified atom stereocenters. The second kappa shape index (κ2) is 9.43. The number of hydrogen-bond donors (Lipinski definition) is 1. The first-order chi connectivity index (χ1) is 13.1.